The summed E-state index contributed by atoms with van der Waals surface area (Å²) in [5.74, 6) is 0. The Morgan fingerprint density at radius 3 is 2.93 bits per heavy atom. The smallest absolute Gasteiger partial charge is 0.174 e. The lowest BCUT2D eigenvalue weighted by Crippen LogP contribution is -2.38. The van der Waals surface area contributed by atoms with Crippen molar-refractivity contribution in [1.29, 1.82) is 0 Å². The van der Waals surface area contributed by atoms with Crippen molar-refractivity contribution in [2.75, 3.05) is 0 Å². The molecule has 0 radical (unpaired) electrons. The van der Waals surface area contributed by atoms with Crippen LogP contribution >= 0.6 is 0 Å². The van der Waals surface area contributed by atoms with Crippen LogP contribution in [0.2, 0.25) is 0 Å². The van der Waals surface area contributed by atoms with Gasteiger partial charge in [0.2, 0.25) is 0 Å². The third-order valence-electron chi connectivity index (χ3n) is 2.85. The molecule has 0 saturated carbocycles. The summed E-state index contributed by atoms with van der Waals surface area (Å²) in [6.45, 7) is 1.74. The van der Waals surface area contributed by atoms with Gasteiger partial charge in [-0.05, 0) is 25.3 Å². The number of benzene rings is 1. The molecule has 1 aromatic carbocycles. The maximum absolute atomic E-state index is 10.1. The Labute approximate surface area is 87.4 Å². The quantitative estimate of drug-likeness (QED) is 0.608. The number of para-hydroxylation sites is 1. The topological polar surface area (TPSA) is 48.0 Å². The first-order valence-electron chi connectivity index (χ1n) is 4.96. The Bertz CT molecular complexity index is 552. The number of aliphatic hydroxyl groups is 1. The summed E-state index contributed by atoms with van der Waals surface area (Å²) in [7, 11) is 0. The first-order valence-corrected chi connectivity index (χ1v) is 4.96. The van der Waals surface area contributed by atoms with Gasteiger partial charge >= 0.3 is 0 Å². The number of fused-ring (bicyclic) bond motifs is 3. The van der Waals surface area contributed by atoms with E-state index < -0.39 is 5.72 Å². The van der Waals surface area contributed by atoms with Crippen molar-refractivity contribution in [3.63, 3.8) is 0 Å². The normalized spacial score (nSPS) is 23.9. The van der Waals surface area contributed by atoms with Crippen LogP contribution in [0.3, 0.4) is 0 Å². The van der Waals surface area contributed by atoms with Crippen LogP contribution in [0.4, 0.5) is 0 Å². The van der Waals surface area contributed by atoms with Crippen LogP contribution in [-0.2, 0) is 5.72 Å². The first-order chi connectivity index (χ1) is 7.18. The number of rotatable bonds is 0. The van der Waals surface area contributed by atoms with E-state index in [4.69, 9.17) is 0 Å². The number of hydrogen-bond donors (Lipinski definition) is 3. The average molecular weight is 200 g/mol. The van der Waals surface area contributed by atoms with Gasteiger partial charge in [-0.3, -0.25) is 0 Å². The minimum Gasteiger partial charge on any atom is -0.366 e. The number of aromatic amines is 1. The zero-order valence-corrected chi connectivity index (χ0v) is 8.41. The Morgan fingerprint density at radius 2 is 2.07 bits per heavy atom. The van der Waals surface area contributed by atoms with E-state index in [0.717, 1.165) is 22.2 Å². The molecule has 0 amide bonds. The second-order valence-corrected chi connectivity index (χ2v) is 4.01. The lowest BCUT2D eigenvalue weighted by Gasteiger charge is -2.26. The maximum atomic E-state index is 10.1. The fourth-order valence-electron chi connectivity index (χ4n) is 2.08. The fraction of sp³-hybridized carbons (Fsp3) is 0.167. The van der Waals surface area contributed by atoms with Crippen molar-refractivity contribution < 1.29 is 5.11 Å². The molecule has 0 saturated heterocycles. The zero-order valence-electron chi connectivity index (χ0n) is 8.41. The average Bonchev–Trinajstić information content (AvgIpc) is 2.58. The highest BCUT2D eigenvalue weighted by molar-refractivity contribution is 5.91. The molecule has 0 fully saturated rings. The molecule has 2 aromatic rings. The zero-order chi connectivity index (χ0) is 10.5. The van der Waals surface area contributed by atoms with Gasteiger partial charge in [0, 0.05) is 16.5 Å². The lowest BCUT2D eigenvalue weighted by atomic mass is 10.0. The van der Waals surface area contributed by atoms with Gasteiger partial charge in [-0.15, -0.1) is 0 Å². The summed E-state index contributed by atoms with van der Waals surface area (Å²) in [4.78, 5) is 3.24. The molecule has 15 heavy (non-hydrogen) atoms. The van der Waals surface area contributed by atoms with Crippen molar-refractivity contribution >= 4 is 17.0 Å². The highest BCUT2D eigenvalue weighted by Gasteiger charge is 2.29. The minimum atomic E-state index is -1.01. The summed E-state index contributed by atoms with van der Waals surface area (Å²) in [6, 6.07) is 8.05. The van der Waals surface area contributed by atoms with Crippen LogP contribution in [0.5, 0.6) is 0 Å². The van der Waals surface area contributed by atoms with E-state index in [9.17, 15) is 5.11 Å². The molecular formula is C12H12N2O. The Hall–Kier alpha value is -1.74. The molecule has 0 bridgehead atoms. The molecular weight excluding hydrogens is 188 g/mol. The predicted octanol–water partition coefficient (Wildman–Crippen LogP) is 1.91. The van der Waals surface area contributed by atoms with Gasteiger partial charge in [-0.25, -0.2) is 0 Å². The van der Waals surface area contributed by atoms with Crippen LogP contribution in [-0.4, -0.2) is 10.1 Å². The molecule has 3 N–H and O–H groups in total. The van der Waals surface area contributed by atoms with Crippen LogP contribution in [0.1, 0.15) is 18.2 Å². The van der Waals surface area contributed by atoms with Crippen molar-refractivity contribution in [3.05, 3.63) is 41.7 Å². The molecule has 3 rings (SSSR count). The van der Waals surface area contributed by atoms with Gasteiger partial charge in [0.15, 0.2) is 5.72 Å². The summed E-state index contributed by atoms with van der Waals surface area (Å²) in [5.41, 5.74) is 1.93. The molecule has 1 atom stereocenters. The fourth-order valence-corrected chi connectivity index (χ4v) is 2.08. The van der Waals surface area contributed by atoms with Crippen molar-refractivity contribution in [2.24, 2.45) is 0 Å². The molecule has 76 valence electrons. The van der Waals surface area contributed by atoms with E-state index >= 15 is 0 Å². The second kappa shape index (κ2) is 2.64. The summed E-state index contributed by atoms with van der Waals surface area (Å²) >= 11 is 0. The summed E-state index contributed by atoms with van der Waals surface area (Å²) in [5, 5.41) is 14.2. The van der Waals surface area contributed by atoms with Crippen LogP contribution in [0.25, 0.3) is 17.0 Å². The van der Waals surface area contributed by atoms with Gasteiger partial charge in [0.25, 0.3) is 0 Å². The largest absolute Gasteiger partial charge is 0.366 e. The van der Waals surface area contributed by atoms with Crippen molar-refractivity contribution in [2.45, 2.75) is 12.6 Å². The maximum Gasteiger partial charge on any atom is 0.174 e. The molecule has 0 aliphatic carbocycles. The van der Waals surface area contributed by atoms with Crippen molar-refractivity contribution in [1.82, 2.24) is 10.3 Å². The summed E-state index contributed by atoms with van der Waals surface area (Å²) in [6.07, 6.45) is 3.76. The van der Waals surface area contributed by atoms with Crippen LogP contribution in [0.15, 0.2) is 30.5 Å². The van der Waals surface area contributed by atoms with Gasteiger partial charge < -0.3 is 15.4 Å². The Morgan fingerprint density at radius 1 is 1.27 bits per heavy atom. The van der Waals surface area contributed by atoms with Gasteiger partial charge in [-0.1, -0.05) is 18.2 Å². The molecule has 1 aromatic heterocycles. The Kier molecular flexibility index (Phi) is 1.51. The molecule has 3 nitrogen and oxygen atoms in total. The number of nitrogens with one attached hydrogen (secondary N) is 2. The highest BCUT2D eigenvalue weighted by atomic mass is 16.3. The second-order valence-electron chi connectivity index (χ2n) is 4.01. The van der Waals surface area contributed by atoms with E-state index in [2.05, 4.69) is 16.4 Å². The number of H-pyrrole nitrogens is 1. The van der Waals surface area contributed by atoms with Gasteiger partial charge in [0.05, 0.1) is 5.69 Å². The van der Waals surface area contributed by atoms with Crippen molar-refractivity contribution in [3.8, 4) is 0 Å². The Balaban J connectivity index is 2.40. The minimum absolute atomic E-state index is 0.825. The molecule has 3 heteroatoms. The first kappa shape index (κ1) is 8.56. The van der Waals surface area contributed by atoms with E-state index in [1.165, 1.54) is 0 Å². The monoisotopic (exact) mass is 200 g/mol. The molecule has 1 aliphatic heterocycles. The number of hydrogen-bond acceptors (Lipinski definition) is 2. The van der Waals surface area contributed by atoms with Crippen LogP contribution < -0.4 is 5.32 Å². The standard InChI is InChI=1S/C12H12N2O/c1-12(15)11-9(6-7-13-12)8-4-2-3-5-10(8)14-11/h2-7,13-15H,1H3. The van der Waals surface area contributed by atoms with E-state index in [-0.39, 0.29) is 0 Å². The van der Waals surface area contributed by atoms with E-state index in [0.29, 0.717) is 0 Å². The van der Waals surface area contributed by atoms with E-state index in [1.54, 1.807) is 13.1 Å². The summed E-state index contributed by atoms with van der Waals surface area (Å²) < 4.78 is 0. The van der Waals surface area contributed by atoms with Gasteiger partial charge in [0.1, 0.15) is 0 Å². The SMILES string of the molecule is CC1(O)NC=Cc2c1[nH]c1ccccc21. The third kappa shape index (κ3) is 1.10. The molecule has 2 heterocycles. The van der Waals surface area contributed by atoms with E-state index in [1.807, 2.05) is 24.3 Å². The van der Waals surface area contributed by atoms with Gasteiger partial charge in [-0.2, -0.15) is 0 Å². The highest BCUT2D eigenvalue weighted by Crippen LogP contribution is 2.32. The lowest BCUT2D eigenvalue weighted by molar-refractivity contribution is 0.0295. The molecule has 1 aliphatic rings. The van der Waals surface area contributed by atoms with Crippen LogP contribution in [0, 0.1) is 0 Å². The predicted molar refractivity (Wildman–Crippen MR) is 60.0 cm³/mol. The number of aromatic nitrogens is 1. The molecule has 0 spiro atoms. The molecule has 1 unspecified atom stereocenters. The third-order valence-corrected chi connectivity index (χ3v) is 2.85.